The van der Waals surface area contributed by atoms with Crippen LogP contribution < -0.4 is 10.2 Å². The van der Waals surface area contributed by atoms with Gasteiger partial charge in [0, 0.05) is 38.4 Å². The quantitative estimate of drug-likeness (QED) is 0.898. The fourth-order valence-electron chi connectivity index (χ4n) is 2.55. The highest BCUT2D eigenvalue weighted by atomic mass is 16.2. The minimum absolute atomic E-state index is 0.0833. The Balaban J connectivity index is 1.89. The largest absolute Gasteiger partial charge is 0.354 e. The van der Waals surface area contributed by atoms with Crippen molar-refractivity contribution in [2.75, 3.05) is 31.1 Å². The van der Waals surface area contributed by atoms with Crippen molar-refractivity contribution in [1.29, 1.82) is 5.26 Å². The first-order chi connectivity index (χ1) is 10.5. The Morgan fingerprint density at radius 3 is 2.45 bits per heavy atom. The first-order valence-electron chi connectivity index (χ1n) is 7.67. The van der Waals surface area contributed by atoms with Gasteiger partial charge in [-0.05, 0) is 32.9 Å². The molecule has 6 nitrogen and oxygen atoms in total. The van der Waals surface area contributed by atoms with E-state index in [1.165, 1.54) is 0 Å². The Morgan fingerprint density at radius 2 is 1.95 bits per heavy atom. The second-order valence-corrected chi connectivity index (χ2v) is 5.88. The molecule has 1 aromatic heterocycles. The highest BCUT2D eigenvalue weighted by Crippen LogP contribution is 2.15. The van der Waals surface area contributed by atoms with E-state index in [2.05, 4.69) is 26.2 Å². The summed E-state index contributed by atoms with van der Waals surface area (Å²) < 4.78 is 0. The van der Waals surface area contributed by atoms with Gasteiger partial charge in [-0.1, -0.05) is 0 Å². The van der Waals surface area contributed by atoms with E-state index in [1.54, 1.807) is 12.3 Å². The zero-order valence-electron chi connectivity index (χ0n) is 13.4. The molecule has 0 saturated carbocycles. The number of piperazine rings is 1. The van der Waals surface area contributed by atoms with E-state index < -0.39 is 0 Å². The van der Waals surface area contributed by atoms with E-state index in [4.69, 9.17) is 5.26 Å². The third-order valence-corrected chi connectivity index (χ3v) is 3.87. The molecule has 2 heterocycles. The molecule has 1 amide bonds. The summed E-state index contributed by atoms with van der Waals surface area (Å²) in [5.74, 6) is 0.970. The van der Waals surface area contributed by atoms with Crippen LogP contribution in [0.15, 0.2) is 18.3 Å². The van der Waals surface area contributed by atoms with Crippen LogP contribution in [0.5, 0.6) is 0 Å². The Hall–Kier alpha value is -2.13. The van der Waals surface area contributed by atoms with Gasteiger partial charge in [-0.2, -0.15) is 5.26 Å². The van der Waals surface area contributed by atoms with Crippen LogP contribution in [0.1, 0.15) is 26.3 Å². The molecule has 22 heavy (non-hydrogen) atoms. The lowest BCUT2D eigenvalue weighted by atomic mass is 10.2. The molecule has 0 bridgehead atoms. The van der Waals surface area contributed by atoms with Crippen LogP contribution in [0.3, 0.4) is 0 Å². The predicted octanol–water partition coefficient (Wildman–Crippen LogP) is 0.988. The van der Waals surface area contributed by atoms with Gasteiger partial charge >= 0.3 is 0 Å². The molecule has 1 aliphatic rings. The van der Waals surface area contributed by atoms with Gasteiger partial charge in [-0.3, -0.25) is 9.69 Å². The number of hydrogen-bond acceptors (Lipinski definition) is 5. The second-order valence-electron chi connectivity index (χ2n) is 5.88. The minimum Gasteiger partial charge on any atom is -0.354 e. The Morgan fingerprint density at radius 1 is 1.27 bits per heavy atom. The third kappa shape index (κ3) is 3.95. The minimum atomic E-state index is -0.113. The highest BCUT2D eigenvalue weighted by molar-refractivity contribution is 5.81. The Labute approximate surface area is 131 Å². The Kier molecular flexibility index (Phi) is 5.34. The van der Waals surface area contributed by atoms with Crippen molar-refractivity contribution in [2.24, 2.45) is 0 Å². The molecular weight excluding hydrogens is 278 g/mol. The fraction of sp³-hybridized carbons (Fsp3) is 0.562. The number of amides is 1. The van der Waals surface area contributed by atoms with E-state index in [1.807, 2.05) is 26.8 Å². The summed E-state index contributed by atoms with van der Waals surface area (Å²) in [6.45, 7) is 9.21. The molecule has 0 radical (unpaired) electrons. The number of rotatable bonds is 4. The molecule has 0 aromatic carbocycles. The van der Waals surface area contributed by atoms with Crippen LogP contribution in [0.25, 0.3) is 0 Å². The predicted molar refractivity (Wildman–Crippen MR) is 85.5 cm³/mol. The second kappa shape index (κ2) is 7.23. The summed E-state index contributed by atoms with van der Waals surface area (Å²) in [7, 11) is 0. The summed E-state index contributed by atoms with van der Waals surface area (Å²) in [6.07, 6.45) is 1.60. The molecule has 1 aliphatic heterocycles. The van der Waals surface area contributed by atoms with E-state index in [9.17, 15) is 4.79 Å². The summed E-state index contributed by atoms with van der Waals surface area (Å²) in [5, 5.41) is 11.8. The van der Waals surface area contributed by atoms with Crippen molar-refractivity contribution in [3.63, 3.8) is 0 Å². The smallest absolute Gasteiger partial charge is 0.237 e. The normalized spacial score (nSPS) is 17.1. The number of aromatic nitrogens is 1. The zero-order valence-corrected chi connectivity index (χ0v) is 13.4. The maximum Gasteiger partial charge on any atom is 0.237 e. The molecule has 6 heteroatoms. The molecule has 1 fully saturated rings. The van der Waals surface area contributed by atoms with Crippen LogP contribution >= 0.6 is 0 Å². The molecule has 118 valence electrons. The number of carbonyl (C=O) groups is 1. The zero-order chi connectivity index (χ0) is 16.1. The fourth-order valence-corrected chi connectivity index (χ4v) is 2.55. The van der Waals surface area contributed by atoms with Gasteiger partial charge in [-0.25, -0.2) is 4.98 Å². The molecule has 0 spiro atoms. The number of anilines is 1. The number of nitrogens with one attached hydrogen (secondary N) is 1. The van der Waals surface area contributed by atoms with E-state index in [-0.39, 0.29) is 18.0 Å². The average molecular weight is 301 g/mol. The number of nitrogens with zero attached hydrogens (tertiary/aromatic N) is 4. The summed E-state index contributed by atoms with van der Waals surface area (Å²) in [5.41, 5.74) is 0.571. The van der Waals surface area contributed by atoms with Gasteiger partial charge in [0.15, 0.2) is 0 Å². The van der Waals surface area contributed by atoms with Crippen molar-refractivity contribution in [1.82, 2.24) is 15.2 Å². The van der Waals surface area contributed by atoms with E-state index >= 15 is 0 Å². The molecular formula is C16H23N5O. The molecule has 1 unspecified atom stereocenters. The monoisotopic (exact) mass is 301 g/mol. The van der Waals surface area contributed by atoms with Crippen LogP contribution in [0.4, 0.5) is 5.82 Å². The molecule has 1 atom stereocenters. The third-order valence-electron chi connectivity index (χ3n) is 3.87. The van der Waals surface area contributed by atoms with Crippen molar-refractivity contribution < 1.29 is 4.79 Å². The van der Waals surface area contributed by atoms with Gasteiger partial charge in [0.2, 0.25) is 5.91 Å². The molecule has 0 aliphatic carbocycles. The van der Waals surface area contributed by atoms with Crippen molar-refractivity contribution in [3.05, 3.63) is 23.9 Å². The van der Waals surface area contributed by atoms with Crippen molar-refractivity contribution >= 4 is 11.7 Å². The molecule has 1 N–H and O–H groups in total. The number of carbonyl (C=O) groups excluding carboxylic acids is 1. The van der Waals surface area contributed by atoms with E-state index in [0.717, 1.165) is 32.0 Å². The number of pyridine rings is 1. The summed E-state index contributed by atoms with van der Waals surface area (Å²) in [6, 6.07) is 5.79. The lowest BCUT2D eigenvalue weighted by molar-refractivity contribution is -0.126. The summed E-state index contributed by atoms with van der Waals surface area (Å²) >= 11 is 0. The van der Waals surface area contributed by atoms with Crippen molar-refractivity contribution in [2.45, 2.75) is 32.9 Å². The molecule has 2 rings (SSSR count). The van der Waals surface area contributed by atoms with Crippen LogP contribution in [0, 0.1) is 11.3 Å². The van der Waals surface area contributed by atoms with Crippen molar-refractivity contribution in [3.8, 4) is 6.07 Å². The molecule has 1 saturated heterocycles. The standard InChI is InChI=1S/C16H23N5O/c1-12(2)19-16(22)13(3)20-6-8-21(9-7-20)15-5-4-14(10-17)11-18-15/h4-5,11-13H,6-9H2,1-3H3,(H,19,22). The summed E-state index contributed by atoms with van der Waals surface area (Å²) in [4.78, 5) is 20.8. The average Bonchev–Trinajstić information content (AvgIpc) is 2.54. The lowest BCUT2D eigenvalue weighted by Crippen LogP contribution is -2.54. The van der Waals surface area contributed by atoms with Gasteiger partial charge in [0.05, 0.1) is 11.6 Å². The topological polar surface area (TPSA) is 72.3 Å². The van der Waals surface area contributed by atoms with E-state index in [0.29, 0.717) is 5.56 Å². The van der Waals surface area contributed by atoms with Gasteiger partial charge in [-0.15, -0.1) is 0 Å². The number of hydrogen-bond donors (Lipinski definition) is 1. The molecule has 1 aromatic rings. The first-order valence-corrected chi connectivity index (χ1v) is 7.67. The van der Waals surface area contributed by atoms with Gasteiger partial charge in [0.25, 0.3) is 0 Å². The van der Waals surface area contributed by atoms with Gasteiger partial charge < -0.3 is 10.2 Å². The van der Waals surface area contributed by atoms with Crippen LogP contribution in [0.2, 0.25) is 0 Å². The maximum absolute atomic E-state index is 12.1. The van der Waals surface area contributed by atoms with Crippen LogP contribution in [-0.2, 0) is 4.79 Å². The highest BCUT2D eigenvalue weighted by Gasteiger charge is 2.26. The van der Waals surface area contributed by atoms with Gasteiger partial charge in [0.1, 0.15) is 11.9 Å². The maximum atomic E-state index is 12.1. The Bertz CT molecular complexity index is 541. The number of nitriles is 1. The SMILES string of the molecule is CC(C)NC(=O)C(C)N1CCN(c2ccc(C#N)cn2)CC1. The lowest BCUT2D eigenvalue weighted by Gasteiger charge is -2.38. The first kappa shape index (κ1) is 16.2. The van der Waals surface area contributed by atoms with Crippen LogP contribution in [-0.4, -0.2) is 54.1 Å².